The van der Waals surface area contributed by atoms with E-state index in [1.807, 2.05) is 12.1 Å². The smallest absolute Gasteiger partial charge is 0.251 e. The van der Waals surface area contributed by atoms with Gasteiger partial charge in [-0.05, 0) is 36.9 Å². The van der Waals surface area contributed by atoms with Gasteiger partial charge in [-0.3, -0.25) is 4.79 Å². The van der Waals surface area contributed by atoms with Gasteiger partial charge in [0.1, 0.15) is 10.3 Å². The fourth-order valence-electron chi connectivity index (χ4n) is 2.14. The van der Waals surface area contributed by atoms with Crippen molar-refractivity contribution < 1.29 is 4.79 Å². The number of pyridine rings is 1. The summed E-state index contributed by atoms with van der Waals surface area (Å²) >= 11 is 11.6. The van der Waals surface area contributed by atoms with Gasteiger partial charge in [0.15, 0.2) is 0 Å². The Kier molecular flexibility index (Phi) is 6.39. The maximum atomic E-state index is 12.2. The van der Waals surface area contributed by atoms with Crippen LogP contribution >= 0.6 is 23.2 Å². The van der Waals surface area contributed by atoms with E-state index in [-0.39, 0.29) is 16.2 Å². The average Bonchev–Trinajstić information content (AvgIpc) is 2.52. The second kappa shape index (κ2) is 8.29. The number of amides is 1. The molecule has 0 aliphatic rings. The number of nitrogens with one attached hydrogen (secondary N) is 1. The highest BCUT2D eigenvalue weighted by Gasteiger charge is 2.09. The summed E-state index contributed by atoms with van der Waals surface area (Å²) in [5.41, 5.74) is 2.67. The highest BCUT2D eigenvalue weighted by molar-refractivity contribution is 6.33. The molecule has 23 heavy (non-hydrogen) atoms. The summed E-state index contributed by atoms with van der Waals surface area (Å²) < 4.78 is 0. The first-order valence-corrected chi connectivity index (χ1v) is 8.11. The van der Waals surface area contributed by atoms with Gasteiger partial charge >= 0.3 is 0 Å². The number of halogens is 2. The Balaban J connectivity index is 2.00. The predicted octanol–water partition coefficient (Wildman–Crippen LogP) is 3.77. The van der Waals surface area contributed by atoms with Gasteiger partial charge in [-0.25, -0.2) is 4.98 Å². The molecule has 0 saturated carbocycles. The molecule has 0 aliphatic carbocycles. The van der Waals surface area contributed by atoms with E-state index in [9.17, 15) is 4.79 Å². The molecular formula is C17H19Cl2N3O. The van der Waals surface area contributed by atoms with Crippen LogP contribution in [0.4, 0.5) is 0 Å². The second-order valence-electron chi connectivity index (χ2n) is 5.33. The number of carbonyl (C=O) groups excluding carboxylic acids is 1. The van der Waals surface area contributed by atoms with Crippen molar-refractivity contribution in [3.8, 4) is 0 Å². The average molecular weight is 352 g/mol. The van der Waals surface area contributed by atoms with E-state index < -0.39 is 0 Å². The summed E-state index contributed by atoms with van der Waals surface area (Å²) in [7, 11) is 2.07. The van der Waals surface area contributed by atoms with Crippen LogP contribution in [0.3, 0.4) is 0 Å². The summed E-state index contributed by atoms with van der Waals surface area (Å²) in [5, 5.41) is 3.27. The zero-order valence-corrected chi connectivity index (χ0v) is 14.7. The summed E-state index contributed by atoms with van der Waals surface area (Å²) in [6.45, 7) is 4.44. The Bertz CT molecular complexity index is 671. The molecule has 0 bridgehead atoms. The fraction of sp³-hybridized carbons (Fsp3) is 0.294. The van der Waals surface area contributed by atoms with Crippen molar-refractivity contribution in [1.29, 1.82) is 0 Å². The van der Waals surface area contributed by atoms with Gasteiger partial charge in [0.25, 0.3) is 5.91 Å². The van der Waals surface area contributed by atoms with Crippen LogP contribution < -0.4 is 5.32 Å². The van der Waals surface area contributed by atoms with Crippen molar-refractivity contribution in [3.05, 3.63) is 63.4 Å². The van der Waals surface area contributed by atoms with Crippen molar-refractivity contribution in [2.75, 3.05) is 13.6 Å². The molecule has 0 unspecified atom stereocenters. The van der Waals surface area contributed by atoms with Crippen molar-refractivity contribution in [2.45, 2.75) is 20.0 Å². The quantitative estimate of drug-likeness (QED) is 0.805. The van der Waals surface area contributed by atoms with E-state index >= 15 is 0 Å². The van der Waals surface area contributed by atoms with Crippen LogP contribution in [0, 0.1) is 0 Å². The van der Waals surface area contributed by atoms with Gasteiger partial charge in [0.05, 0.1) is 0 Å². The van der Waals surface area contributed by atoms with Crippen LogP contribution in [0.2, 0.25) is 10.3 Å². The SMILES string of the molecule is CCN(C)Cc1cccc(CNC(=O)c2cc(Cl)nc(Cl)c2)c1. The van der Waals surface area contributed by atoms with E-state index in [0.717, 1.165) is 18.7 Å². The zero-order valence-electron chi connectivity index (χ0n) is 13.1. The molecule has 1 aromatic carbocycles. The Morgan fingerprint density at radius 3 is 2.48 bits per heavy atom. The Labute approximate surface area is 146 Å². The molecule has 0 spiro atoms. The van der Waals surface area contributed by atoms with Crippen LogP contribution in [-0.4, -0.2) is 29.4 Å². The van der Waals surface area contributed by atoms with E-state index in [2.05, 4.69) is 41.3 Å². The lowest BCUT2D eigenvalue weighted by atomic mass is 10.1. The number of carbonyl (C=O) groups is 1. The van der Waals surface area contributed by atoms with Crippen LogP contribution in [0.5, 0.6) is 0 Å². The third kappa shape index (κ3) is 5.50. The summed E-state index contributed by atoms with van der Waals surface area (Å²) in [6.07, 6.45) is 0. The van der Waals surface area contributed by atoms with Crippen molar-refractivity contribution >= 4 is 29.1 Å². The lowest BCUT2D eigenvalue weighted by Crippen LogP contribution is -2.23. The molecule has 0 fully saturated rings. The lowest BCUT2D eigenvalue weighted by molar-refractivity contribution is 0.0951. The molecule has 4 nitrogen and oxygen atoms in total. The fourth-order valence-corrected chi connectivity index (χ4v) is 2.60. The Morgan fingerprint density at radius 2 is 1.83 bits per heavy atom. The molecule has 0 saturated heterocycles. The van der Waals surface area contributed by atoms with Gasteiger partial charge in [-0.1, -0.05) is 54.4 Å². The zero-order chi connectivity index (χ0) is 16.8. The van der Waals surface area contributed by atoms with Crippen molar-refractivity contribution in [2.24, 2.45) is 0 Å². The van der Waals surface area contributed by atoms with Gasteiger partial charge < -0.3 is 10.2 Å². The first kappa shape index (κ1) is 17.7. The minimum Gasteiger partial charge on any atom is -0.348 e. The molecule has 2 aromatic rings. The third-order valence-corrected chi connectivity index (χ3v) is 3.85. The molecule has 0 atom stereocenters. The van der Waals surface area contributed by atoms with E-state index in [0.29, 0.717) is 12.1 Å². The minimum absolute atomic E-state index is 0.201. The Morgan fingerprint density at radius 1 is 1.17 bits per heavy atom. The van der Waals surface area contributed by atoms with E-state index in [4.69, 9.17) is 23.2 Å². The second-order valence-corrected chi connectivity index (χ2v) is 6.11. The van der Waals surface area contributed by atoms with Crippen LogP contribution in [0.1, 0.15) is 28.4 Å². The summed E-state index contributed by atoms with van der Waals surface area (Å²) in [4.78, 5) is 18.2. The standard InChI is InChI=1S/C17H19Cl2N3O/c1-3-22(2)11-13-6-4-5-12(7-13)10-20-17(23)14-8-15(18)21-16(19)9-14/h4-9H,3,10-11H2,1-2H3,(H,20,23). The lowest BCUT2D eigenvalue weighted by Gasteiger charge is -2.14. The maximum absolute atomic E-state index is 12.2. The highest BCUT2D eigenvalue weighted by Crippen LogP contribution is 2.15. The topological polar surface area (TPSA) is 45.2 Å². The molecule has 2 rings (SSSR count). The number of aromatic nitrogens is 1. The van der Waals surface area contributed by atoms with Gasteiger partial charge in [0.2, 0.25) is 0 Å². The first-order chi connectivity index (χ1) is 11.0. The van der Waals surface area contributed by atoms with Crippen LogP contribution in [0.25, 0.3) is 0 Å². The van der Waals surface area contributed by atoms with Gasteiger partial charge in [0, 0.05) is 18.7 Å². The molecule has 0 radical (unpaired) electrons. The van der Waals surface area contributed by atoms with E-state index in [1.165, 1.54) is 17.7 Å². The summed E-state index contributed by atoms with van der Waals surface area (Å²) in [6, 6.07) is 11.2. The minimum atomic E-state index is -0.229. The largest absolute Gasteiger partial charge is 0.348 e. The highest BCUT2D eigenvalue weighted by atomic mass is 35.5. The normalized spacial score (nSPS) is 10.8. The number of benzene rings is 1. The van der Waals surface area contributed by atoms with Crippen LogP contribution in [0.15, 0.2) is 36.4 Å². The number of hydrogen-bond donors (Lipinski definition) is 1. The molecule has 1 aromatic heterocycles. The molecular weight excluding hydrogens is 333 g/mol. The third-order valence-electron chi connectivity index (χ3n) is 3.46. The van der Waals surface area contributed by atoms with Crippen molar-refractivity contribution in [1.82, 2.24) is 15.2 Å². The monoisotopic (exact) mass is 351 g/mol. The number of nitrogens with zero attached hydrogens (tertiary/aromatic N) is 2. The molecule has 6 heteroatoms. The molecule has 0 aliphatic heterocycles. The molecule has 1 amide bonds. The molecule has 1 N–H and O–H groups in total. The van der Waals surface area contributed by atoms with Gasteiger partial charge in [-0.2, -0.15) is 0 Å². The van der Waals surface area contributed by atoms with Gasteiger partial charge in [-0.15, -0.1) is 0 Å². The van der Waals surface area contributed by atoms with Crippen molar-refractivity contribution in [3.63, 3.8) is 0 Å². The van der Waals surface area contributed by atoms with E-state index in [1.54, 1.807) is 0 Å². The number of rotatable bonds is 6. The summed E-state index contributed by atoms with van der Waals surface area (Å²) in [5.74, 6) is -0.229. The molecule has 1 heterocycles. The Hall–Kier alpha value is -1.62. The predicted molar refractivity (Wildman–Crippen MR) is 93.9 cm³/mol. The first-order valence-electron chi connectivity index (χ1n) is 7.35. The maximum Gasteiger partial charge on any atom is 0.251 e. The molecule has 122 valence electrons. The van der Waals surface area contributed by atoms with Crippen LogP contribution in [-0.2, 0) is 13.1 Å². The number of hydrogen-bond acceptors (Lipinski definition) is 3.